The summed E-state index contributed by atoms with van der Waals surface area (Å²) in [6, 6.07) is 4.95. The Morgan fingerprint density at radius 2 is 1.53 bits per heavy atom. The summed E-state index contributed by atoms with van der Waals surface area (Å²) < 4.78 is 47.9. The average Bonchev–Trinajstić information content (AvgIpc) is 2.00. The Bertz CT molecular complexity index is 544. The monoisotopic (exact) mass is 270 g/mol. The second kappa shape index (κ2) is 4.09. The average molecular weight is 271 g/mol. The molecule has 0 saturated heterocycles. The molecular formula is C7H7ClO5S2. The van der Waals surface area contributed by atoms with Crippen molar-refractivity contribution >= 4 is 31.8 Å². The lowest BCUT2D eigenvalue weighted by molar-refractivity contribution is 0.466. The van der Waals surface area contributed by atoms with Crippen LogP contribution in [0.25, 0.3) is 0 Å². The topological polar surface area (TPSA) is 77.5 Å². The maximum Gasteiger partial charge on any atom is 0.311 e. The molecule has 0 saturated carbocycles. The highest BCUT2D eigenvalue weighted by Crippen LogP contribution is 2.17. The van der Waals surface area contributed by atoms with Crippen molar-refractivity contribution in [2.24, 2.45) is 0 Å². The molecule has 84 valence electrons. The van der Waals surface area contributed by atoms with Gasteiger partial charge in [-0.25, -0.2) is 0 Å². The highest BCUT2D eigenvalue weighted by Gasteiger charge is 2.20. The van der Waals surface area contributed by atoms with E-state index in [2.05, 4.69) is 3.63 Å². The molecule has 1 aromatic rings. The van der Waals surface area contributed by atoms with Gasteiger partial charge in [-0.15, -0.1) is 3.63 Å². The Labute approximate surface area is 92.9 Å². The molecular weight excluding hydrogens is 264 g/mol. The van der Waals surface area contributed by atoms with Gasteiger partial charge in [0.2, 0.25) is 0 Å². The molecule has 0 radical (unpaired) electrons. The van der Waals surface area contributed by atoms with Gasteiger partial charge in [0.15, 0.2) is 0 Å². The van der Waals surface area contributed by atoms with Gasteiger partial charge >= 0.3 is 10.1 Å². The summed E-state index contributed by atoms with van der Waals surface area (Å²) in [5.74, 6) is 0. The number of hydrogen-bond acceptors (Lipinski definition) is 5. The lowest BCUT2D eigenvalue weighted by atomic mass is 10.4. The van der Waals surface area contributed by atoms with E-state index in [0.717, 1.165) is 12.1 Å². The van der Waals surface area contributed by atoms with Crippen LogP contribution in [-0.2, 0) is 23.9 Å². The Morgan fingerprint density at radius 1 is 1.07 bits per heavy atom. The van der Waals surface area contributed by atoms with Gasteiger partial charge in [0.25, 0.3) is 10.1 Å². The molecule has 0 aliphatic rings. The maximum absolute atomic E-state index is 11.3. The molecule has 0 amide bonds. The van der Waals surface area contributed by atoms with Crippen molar-refractivity contribution in [3.8, 4) is 0 Å². The van der Waals surface area contributed by atoms with Crippen molar-refractivity contribution in [3.63, 3.8) is 0 Å². The van der Waals surface area contributed by atoms with Crippen LogP contribution in [0.4, 0.5) is 0 Å². The van der Waals surface area contributed by atoms with E-state index in [1.165, 1.54) is 12.1 Å². The van der Waals surface area contributed by atoms with Crippen molar-refractivity contribution in [2.75, 3.05) is 6.26 Å². The standard InChI is InChI=1S/C7H7ClO5S2/c1-14(9,10)13-15(11,12)7-4-2-6(8)3-5-7/h2-5H,1H3. The first-order valence-corrected chi connectivity index (χ1v) is 7.23. The molecule has 15 heavy (non-hydrogen) atoms. The SMILES string of the molecule is CS(=O)(=O)OS(=O)(=O)c1ccc(Cl)cc1. The van der Waals surface area contributed by atoms with Crippen molar-refractivity contribution in [1.29, 1.82) is 0 Å². The predicted octanol–water partition coefficient (Wildman–Crippen LogP) is 1.00. The minimum atomic E-state index is -4.28. The van der Waals surface area contributed by atoms with Crippen molar-refractivity contribution in [1.82, 2.24) is 0 Å². The third kappa shape index (κ3) is 3.78. The summed E-state index contributed by atoms with van der Waals surface area (Å²) in [7, 11) is -8.34. The van der Waals surface area contributed by atoms with Crippen LogP contribution in [0.15, 0.2) is 29.2 Å². The van der Waals surface area contributed by atoms with Gasteiger partial charge < -0.3 is 0 Å². The quantitative estimate of drug-likeness (QED) is 0.819. The van der Waals surface area contributed by atoms with E-state index in [4.69, 9.17) is 11.6 Å². The van der Waals surface area contributed by atoms with Crippen LogP contribution in [0, 0.1) is 0 Å². The summed E-state index contributed by atoms with van der Waals surface area (Å²) in [6.45, 7) is 0. The van der Waals surface area contributed by atoms with Gasteiger partial charge in [-0.3, -0.25) is 0 Å². The molecule has 1 aromatic carbocycles. The smallest absolute Gasteiger partial charge is 0.199 e. The van der Waals surface area contributed by atoms with Gasteiger partial charge in [-0.05, 0) is 24.3 Å². The van der Waals surface area contributed by atoms with Crippen LogP contribution < -0.4 is 0 Å². The molecule has 0 bridgehead atoms. The van der Waals surface area contributed by atoms with E-state index >= 15 is 0 Å². The highest BCUT2D eigenvalue weighted by molar-refractivity contribution is 7.99. The van der Waals surface area contributed by atoms with Crippen LogP contribution in [0.3, 0.4) is 0 Å². The van der Waals surface area contributed by atoms with E-state index < -0.39 is 20.2 Å². The van der Waals surface area contributed by atoms with E-state index in [9.17, 15) is 16.8 Å². The normalized spacial score (nSPS) is 12.7. The Morgan fingerprint density at radius 3 is 1.93 bits per heavy atom. The summed E-state index contributed by atoms with van der Waals surface area (Å²) in [4.78, 5) is -0.266. The largest absolute Gasteiger partial charge is 0.311 e. The zero-order valence-electron chi connectivity index (χ0n) is 7.55. The predicted molar refractivity (Wildman–Crippen MR) is 54.6 cm³/mol. The molecule has 8 heteroatoms. The van der Waals surface area contributed by atoms with Gasteiger partial charge in [0.1, 0.15) is 0 Å². The Balaban J connectivity index is 3.13. The number of benzene rings is 1. The fraction of sp³-hybridized carbons (Fsp3) is 0.143. The highest BCUT2D eigenvalue weighted by atomic mass is 35.5. The zero-order valence-corrected chi connectivity index (χ0v) is 9.93. The summed E-state index contributed by atoms with van der Waals surface area (Å²) >= 11 is 5.54. The molecule has 0 fully saturated rings. The van der Waals surface area contributed by atoms with Gasteiger partial charge in [-0.2, -0.15) is 16.8 Å². The molecule has 5 nitrogen and oxygen atoms in total. The lowest BCUT2D eigenvalue weighted by Crippen LogP contribution is -2.12. The maximum atomic E-state index is 11.3. The van der Waals surface area contributed by atoms with Crippen LogP contribution in [0.1, 0.15) is 0 Å². The first-order valence-electron chi connectivity index (χ1n) is 3.62. The van der Waals surface area contributed by atoms with Crippen molar-refractivity contribution in [2.45, 2.75) is 4.90 Å². The fourth-order valence-electron chi connectivity index (χ4n) is 0.803. The van der Waals surface area contributed by atoms with E-state index in [1.807, 2.05) is 0 Å². The second-order valence-corrected chi connectivity index (χ2v) is 6.45. The summed E-state index contributed by atoms with van der Waals surface area (Å²) in [6.07, 6.45) is 0.653. The van der Waals surface area contributed by atoms with Crippen molar-refractivity contribution in [3.05, 3.63) is 29.3 Å². The number of halogens is 1. The molecule has 0 atom stereocenters. The lowest BCUT2D eigenvalue weighted by Gasteiger charge is -2.02. The number of rotatable bonds is 3. The van der Waals surface area contributed by atoms with E-state index in [0.29, 0.717) is 11.3 Å². The third-order valence-corrected chi connectivity index (χ3v) is 4.12. The minimum Gasteiger partial charge on any atom is -0.199 e. The Kier molecular flexibility index (Phi) is 3.39. The second-order valence-electron chi connectivity index (χ2n) is 2.68. The first kappa shape index (κ1) is 12.4. The van der Waals surface area contributed by atoms with Crippen LogP contribution in [0.2, 0.25) is 5.02 Å². The molecule has 1 rings (SSSR count). The first-order chi connectivity index (χ1) is 6.71. The zero-order chi connectivity index (χ0) is 11.7. The van der Waals surface area contributed by atoms with E-state index in [1.54, 1.807) is 0 Å². The van der Waals surface area contributed by atoms with Crippen molar-refractivity contribution < 1.29 is 20.5 Å². The van der Waals surface area contributed by atoms with E-state index in [-0.39, 0.29) is 4.90 Å². The van der Waals surface area contributed by atoms with Gasteiger partial charge in [0.05, 0.1) is 11.2 Å². The van der Waals surface area contributed by atoms with Crippen LogP contribution in [-0.4, -0.2) is 23.1 Å². The molecule has 0 aliphatic carbocycles. The summed E-state index contributed by atoms with van der Waals surface area (Å²) in [5, 5.41) is 0.341. The number of hydrogen-bond donors (Lipinski definition) is 0. The van der Waals surface area contributed by atoms with Crippen LogP contribution >= 0.6 is 11.6 Å². The molecule has 0 heterocycles. The third-order valence-electron chi connectivity index (χ3n) is 1.32. The minimum absolute atomic E-state index is 0.266. The van der Waals surface area contributed by atoms with Gasteiger partial charge in [0, 0.05) is 5.02 Å². The fourth-order valence-corrected chi connectivity index (χ4v) is 3.01. The van der Waals surface area contributed by atoms with Gasteiger partial charge in [-0.1, -0.05) is 11.6 Å². The summed E-state index contributed by atoms with van der Waals surface area (Å²) in [5.41, 5.74) is 0. The molecule has 0 aromatic heterocycles. The Hall–Kier alpha value is -0.630. The molecule has 0 aliphatic heterocycles. The molecule has 0 spiro atoms. The molecule has 0 unspecified atom stereocenters. The van der Waals surface area contributed by atoms with Crippen LogP contribution in [0.5, 0.6) is 0 Å². The molecule has 0 N–H and O–H groups in total.